The van der Waals surface area contributed by atoms with Crippen LogP contribution in [-0.4, -0.2) is 12.1 Å². The molecule has 2 aromatic rings. The van der Waals surface area contributed by atoms with Crippen molar-refractivity contribution in [3.05, 3.63) is 83.9 Å². The molecule has 3 rings (SSSR count). The topological polar surface area (TPSA) is 12.0 Å². The Balaban J connectivity index is 1.85. The molecule has 0 saturated carbocycles. The first-order chi connectivity index (χ1) is 10.3. The number of benzene rings is 2. The minimum absolute atomic E-state index is 0.396. The van der Waals surface area contributed by atoms with E-state index in [2.05, 4.69) is 85.1 Å². The van der Waals surface area contributed by atoms with E-state index in [1.54, 1.807) is 0 Å². The summed E-state index contributed by atoms with van der Waals surface area (Å²) in [6.07, 6.45) is 6.87. The van der Waals surface area contributed by atoms with E-state index in [1.807, 2.05) is 0 Å². The lowest BCUT2D eigenvalue weighted by Crippen LogP contribution is -2.39. The summed E-state index contributed by atoms with van der Waals surface area (Å²) in [6, 6.07) is 22.7. The van der Waals surface area contributed by atoms with Crippen LogP contribution in [0.25, 0.3) is 0 Å². The Morgan fingerprint density at radius 1 is 0.810 bits per heavy atom. The van der Waals surface area contributed by atoms with E-state index in [9.17, 15) is 0 Å². The highest BCUT2D eigenvalue weighted by Gasteiger charge is 2.23. The summed E-state index contributed by atoms with van der Waals surface area (Å²) < 4.78 is 0. The third-order valence-corrected chi connectivity index (χ3v) is 4.32. The summed E-state index contributed by atoms with van der Waals surface area (Å²) in [5.74, 6) is 0.396. The zero-order chi connectivity index (χ0) is 14.5. The van der Waals surface area contributed by atoms with Gasteiger partial charge in [0.25, 0.3) is 0 Å². The van der Waals surface area contributed by atoms with E-state index in [0.717, 1.165) is 12.8 Å². The Hall–Kier alpha value is -1.86. The van der Waals surface area contributed by atoms with Crippen molar-refractivity contribution in [3.63, 3.8) is 0 Å². The molecule has 0 saturated heterocycles. The Morgan fingerprint density at radius 2 is 1.29 bits per heavy atom. The Labute approximate surface area is 127 Å². The third-order valence-electron chi connectivity index (χ3n) is 4.32. The molecule has 1 heteroatoms. The zero-order valence-electron chi connectivity index (χ0n) is 12.6. The molecular formula is C20H23N. The molecule has 21 heavy (non-hydrogen) atoms. The van der Waals surface area contributed by atoms with E-state index in [0.29, 0.717) is 18.0 Å². The van der Waals surface area contributed by atoms with Crippen molar-refractivity contribution in [2.75, 3.05) is 0 Å². The van der Waals surface area contributed by atoms with Crippen molar-refractivity contribution < 1.29 is 0 Å². The molecule has 0 radical (unpaired) electrons. The van der Waals surface area contributed by atoms with Crippen LogP contribution < -0.4 is 5.32 Å². The van der Waals surface area contributed by atoms with E-state index >= 15 is 0 Å². The van der Waals surface area contributed by atoms with Crippen LogP contribution in [-0.2, 0) is 0 Å². The van der Waals surface area contributed by atoms with Gasteiger partial charge < -0.3 is 5.32 Å². The SMILES string of the molecule is CC(NC1CC=CC1)C(c1ccccc1)c1ccccc1. The second-order valence-corrected chi connectivity index (χ2v) is 5.89. The molecule has 1 unspecified atom stereocenters. The van der Waals surface area contributed by atoms with Gasteiger partial charge in [-0.05, 0) is 30.9 Å². The molecule has 0 bridgehead atoms. The van der Waals surface area contributed by atoms with Gasteiger partial charge in [-0.15, -0.1) is 0 Å². The normalized spacial score (nSPS) is 16.5. The molecule has 0 amide bonds. The first-order valence-electron chi connectivity index (χ1n) is 7.85. The van der Waals surface area contributed by atoms with Crippen molar-refractivity contribution in [2.45, 2.75) is 37.8 Å². The lowest BCUT2D eigenvalue weighted by Gasteiger charge is -2.29. The monoisotopic (exact) mass is 277 g/mol. The highest BCUT2D eigenvalue weighted by Crippen LogP contribution is 2.28. The molecule has 0 spiro atoms. The van der Waals surface area contributed by atoms with Crippen LogP contribution >= 0.6 is 0 Å². The van der Waals surface area contributed by atoms with E-state index in [1.165, 1.54) is 11.1 Å². The lowest BCUT2D eigenvalue weighted by molar-refractivity contribution is 0.429. The standard InChI is InChI=1S/C20H23N/c1-16(21-19-14-8-9-15-19)20(17-10-4-2-5-11-17)18-12-6-3-7-13-18/h2-13,16,19-21H,14-15H2,1H3. The smallest absolute Gasteiger partial charge is 0.0240 e. The van der Waals surface area contributed by atoms with Crippen LogP contribution in [0.3, 0.4) is 0 Å². The van der Waals surface area contributed by atoms with Gasteiger partial charge in [-0.3, -0.25) is 0 Å². The largest absolute Gasteiger partial charge is 0.310 e. The minimum atomic E-state index is 0.396. The van der Waals surface area contributed by atoms with E-state index in [4.69, 9.17) is 0 Å². The van der Waals surface area contributed by atoms with Gasteiger partial charge >= 0.3 is 0 Å². The van der Waals surface area contributed by atoms with Gasteiger partial charge in [-0.1, -0.05) is 72.8 Å². The van der Waals surface area contributed by atoms with Crippen LogP contribution in [0, 0.1) is 0 Å². The fourth-order valence-electron chi connectivity index (χ4n) is 3.31. The summed E-state index contributed by atoms with van der Waals surface area (Å²) in [7, 11) is 0. The highest BCUT2D eigenvalue weighted by atomic mass is 15.0. The first-order valence-corrected chi connectivity index (χ1v) is 7.85. The molecule has 2 aromatic carbocycles. The number of hydrogen-bond donors (Lipinski definition) is 1. The van der Waals surface area contributed by atoms with Crippen molar-refractivity contribution in [3.8, 4) is 0 Å². The van der Waals surface area contributed by atoms with Crippen molar-refractivity contribution in [2.24, 2.45) is 0 Å². The lowest BCUT2D eigenvalue weighted by atomic mass is 9.85. The molecule has 1 aliphatic carbocycles. The van der Waals surface area contributed by atoms with Crippen LogP contribution in [0.5, 0.6) is 0 Å². The fourth-order valence-corrected chi connectivity index (χ4v) is 3.31. The highest BCUT2D eigenvalue weighted by molar-refractivity contribution is 5.34. The first kappa shape index (κ1) is 14.1. The predicted octanol–water partition coefficient (Wildman–Crippen LogP) is 4.52. The molecule has 1 nitrogen and oxygen atoms in total. The summed E-state index contributed by atoms with van der Waals surface area (Å²) >= 11 is 0. The van der Waals surface area contributed by atoms with Gasteiger partial charge in [0.15, 0.2) is 0 Å². The maximum Gasteiger partial charge on any atom is 0.0240 e. The Morgan fingerprint density at radius 3 is 1.76 bits per heavy atom. The molecule has 108 valence electrons. The average Bonchev–Trinajstić information content (AvgIpc) is 3.02. The average molecular weight is 277 g/mol. The quantitative estimate of drug-likeness (QED) is 0.793. The van der Waals surface area contributed by atoms with Crippen molar-refractivity contribution >= 4 is 0 Å². The fraction of sp³-hybridized carbons (Fsp3) is 0.300. The van der Waals surface area contributed by atoms with Crippen LogP contribution in [0.15, 0.2) is 72.8 Å². The summed E-state index contributed by atoms with van der Waals surface area (Å²) in [6.45, 7) is 2.31. The molecule has 1 aliphatic rings. The molecule has 0 aliphatic heterocycles. The van der Waals surface area contributed by atoms with Gasteiger partial charge in [0.05, 0.1) is 0 Å². The number of nitrogens with one attached hydrogen (secondary N) is 1. The molecule has 0 heterocycles. The maximum absolute atomic E-state index is 3.81. The predicted molar refractivity (Wildman–Crippen MR) is 89.5 cm³/mol. The third kappa shape index (κ3) is 3.43. The van der Waals surface area contributed by atoms with Gasteiger partial charge in [-0.2, -0.15) is 0 Å². The van der Waals surface area contributed by atoms with Crippen LogP contribution in [0.1, 0.15) is 36.8 Å². The summed E-state index contributed by atoms with van der Waals surface area (Å²) in [5.41, 5.74) is 2.77. The zero-order valence-corrected chi connectivity index (χ0v) is 12.6. The van der Waals surface area contributed by atoms with E-state index in [-0.39, 0.29) is 0 Å². The van der Waals surface area contributed by atoms with E-state index < -0.39 is 0 Å². The van der Waals surface area contributed by atoms with Crippen LogP contribution in [0.4, 0.5) is 0 Å². The molecule has 0 aromatic heterocycles. The van der Waals surface area contributed by atoms with Gasteiger partial charge in [0.1, 0.15) is 0 Å². The molecular weight excluding hydrogens is 254 g/mol. The maximum atomic E-state index is 3.81. The Bertz CT molecular complexity index is 526. The molecule has 1 N–H and O–H groups in total. The summed E-state index contributed by atoms with van der Waals surface area (Å²) in [4.78, 5) is 0. The number of hydrogen-bond acceptors (Lipinski definition) is 1. The second kappa shape index (κ2) is 6.73. The summed E-state index contributed by atoms with van der Waals surface area (Å²) in [5, 5.41) is 3.81. The Kier molecular flexibility index (Phi) is 4.52. The van der Waals surface area contributed by atoms with Gasteiger partial charge in [0, 0.05) is 18.0 Å². The molecule has 1 atom stereocenters. The van der Waals surface area contributed by atoms with Crippen LogP contribution in [0.2, 0.25) is 0 Å². The second-order valence-electron chi connectivity index (χ2n) is 5.89. The van der Waals surface area contributed by atoms with Crippen molar-refractivity contribution in [1.82, 2.24) is 5.32 Å². The number of rotatable bonds is 5. The van der Waals surface area contributed by atoms with Gasteiger partial charge in [0.2, 0.25) is 0 Å². The minimum Gasteiger partial charge on any atom is -0.310 e. The van der Waals surface area contributed by atoms with Gasteiger partial charge in [-0.25, -0.2) is 0 Å². The van der Waals surface area contributed by atoms with Crippen molar-refractivity contribution in [1.29, 1.82) is 0 Å². The molecule has 0 fully saturated rings.